The van der Waals surface area contributed by atoms with Crippen molar-refractivity contribution in [2.75, 3.05) is 6.54 Å². The fraction of sp³-hybridized carbons (Fsp3) is 0.600. The number of carbonyl (C=O) groups excluding carboxylic acids is 1. The highest BCUT2D eigenvalue weighted by Crippen LogP contribution is 2.45. The van der Waals surface area contributed by atoms with Gasteiger partial charge in [0.1, 0.15) is 4.88 Å². The van der Waals surface area contributed by atoms with Crippen molar-refractivity contribution in [2.24, 2.45) is 5.41 Å². The van der Waals surface area contributed by atoms with Gasteiger partial charge in [-0.1, -0.05) is 11.4 Å². The van der Waals surface area contributed by atoms with E-state index in [1.807, 2.05) is 6.92 Å². The molecule has 1 heterocycles. The third-order valence-corrected chi connectivity index (χ3v) is 3.76. The van der Waals surface area contributed by atoms with E-state index in [1.165, 1.54) is 0 Å². The Morgan fingerprint density at radius 3 is 2.76 bits per heavy atom. The van der Waals surface area contributed by atoms with Crippen LogP contribution in [0.4, 0.5) is 0 Å². The molecule has 1 aliphatic carbocycles. The molecule has 6 nitrogen and oxygen atoms in total. The number of nitrogens with zero attached hydrogens (tertiary/aromatic N) is 2. The summed E-state index contributed by atoms with van der Waals surface area (Å²) in [5.74, 6) is -1.11. The highest BCUT2D eigenvalue weighted by Gasteiger charge is 2.50. The molecule has 0 saturated heterocycles. The maximum absolute atomic E-state index is 11.8. The second-order valence-electron chi connectivity index (χ2n) is 4.17. The predicted octanol–water partition coefficient (Wildman–Crippen LogP) is 0.695. The lowest BCUT2D eigenvalue weighted by molar-refractivity contribution is -0.143. The molecular weight excluding hydrogens is 242 g/mol. The van der Waals surface area contributed by atoms with E-state index in [0.29, 0.717) is 29.8 Å². The van der Waals surface area contributed by atoms with E-state index in [9.17, 15) is 9.59 Å². The Morgan fingerprint density at radius 2 is 2.24 bits per heavy atom. The maximum atomic E-state index is 11.8. The van der Waals surface area contributed by atoms with Crippen molar-refractivity contribution < 1.29 is 14.7 Å². The molecule has 0 spiro atoms. The van der Waals surface area contributed by atoms with Crippen LogP contribution in [-0.4, -0.2) is 33.1 Å². The zero-order chi connectivity index (χ0) is 12.5. The maximum Gasteiger partial charge on any atom is 0.311 e. The number of hydrogen-bond donors (Lipinski definition) is 2. The lowest BCUT2D eigenvalue weighted by Gasteiger charge is -2.10. The molecule has 1 amide bonds. The lowest BCUT2D eigenvalue weighted by Crippen LogP contribution is -2.34. The molecule has 7 heteroatoms. The van der Waals surface area contributed by atoms with E-state index in [4.69, 9.17) is 5.11 Å². The van der Waals surface area contributed by atoms with E-state index in [-0.39, 0.29) is 12.5 Å². The van der Waals surface area contributed by atoms with Crippen LogP contribution in [0.25, 0.3) is 0 Å². The van der Waals surface area contributed by atoms with E-state index >= 15 is 0 Å². The summed E-state index contributed by atoms with van der Waals surface area (Å²) in [6.45, 7) is 2.08. The van der Waals surface area contributed by atoms with Gasteiger partial charge in [0.25, 0.3) is 5.91 Å². The molecule has 1 saturated carbocycles. The summed E-state index contributed by atoms with van der Waals surface area (Å²) in [5.41, 5.74) is -0.0761. The molecule has 17 heavy (non-hydrogen) atoms. The van der Waals surface area contributed by atoms with Crippen molar-refractivity contribution in [1.82, 2.24) is 14.9 Å². The van der Waals surface area contributed by atoms with Gasteiger partial charge in [-0.3, -0.25) is 9.59 Å². The summed E-state index contributed by atoms with van der Waals surface area (Å²) in [4.78, 5) is 23.2. The molecule has 0 radical (unpaired) electrons. The van der Waals surface area contributed by atoms with Crippen LogP contribution < -0.4 is 5.32 Å². The number of carboxylic acids is 1. The average molecular weight is 255 g/mol. The second kappa shape index (κ2) is 4.40. The van der Waals surface area contributed by atoms with Gasteiger partial charge in [-0.2, -0.15) is 0 Å². The van der Waals surface area contributed by atoms with Gasteiger partial charge in [-0.05, 0) is 30.8 Å². The van der Waals surface area contributed by atoms with Gasteiger partial charge in [0, 0.05) is 6.54 Å². The molecule has 0 atom stereocenters. The number of amides is 1. The van der Waals surface area contributed by atoms with Crippen LogP contribution in [0.5, 0.6) is 0 Å². The van der Waals surface area contributed by atoms with Crippen molar-refractivity contribution in [3.8, 4) is 0 Å². The Balaban J connectivity index is 1.96. The SMILES string of the molecule is CCc1nnsc1C(=O)NCC1(C(=O)O)CC1. The van der Waals surface area contributed by atoms with Gasteiger partial charge in [0.2, 0.25) is 0 Å². The number of nitrogens with one attached hydrogen (secondary N) is 1. The number of aromatic nitrogens is 2. The number of hydrogen-bond acceptors (Lipinski definition) is 5. The van der Waals surface area contributed by atoms with Gasteiger partial charge >= 0.3 is 5.97 Å². The molecule has 1 aromatic rings. The first-order chi connectivity index (χ1) is 8.09. The number of aryl methyl sites for hydroxylation is 1. The molecule has 1 aromatic heterocycles. The quantitative estimate of drug-likeness (QED) is 0.807. The summed E-state index contributed by atoms with van der Waals surface area (Å²) < 4.78 is 3.72. The van der Waals surface area contributed by atoms with E-state index in [0.717, 1.165) is 11.5 Å². The molecule has 2 N–H and O–H groups in total. The summed E-state index contributed by atoms with van der Waals surface area (Å²) in [7, 11) is 0. The minimum Gasteiger partial charge on any atom is -0.481 e. The zero-order valence-corrected chi connectivity index (χ0v) is 10.2. The third-order valence-electron chi connectivity index (χ3n) is 2.99. The van der Waals surface area contributed by atoms with Crippen molar-refractivity contribution >= 4 is 23.4 Å². The lowest BCUT2D eigenvalue weighted by atomic mass is 10.1. The zero-order valence-electron chi connectivity index (χ0n) is 9.39. The normalized spacial score (nSPS) is 16.5. The number of aliphatic carboxylic acids is 1. The van der Waals surface area contributed by atoms with Crippen LogP contribution in [-0.2, 0) is 11.2 Å². The van der Waals surface area contributed by atoms with Crippen molar-refractivity contribution in [1.29, 1.82) is 0 Å². The van der Waals surface area contributed by atoms with Gasteiger partial charge in [0.05, 0.1) is 11.1 Å². The van der Waals surface area contributed by atoms with Crippen LogP contribution in [0.2, 0.25) is 0 Å². The van der Waals surface area contributed by atoms with E-state index < -0.39 is 11.4 Å². The van der Waals surface area contributed by atoms with Gasteiger partial charge in [-0.25, -0.2) is 0 Å². The first-order valence-corrected chi connectivity index (χ1v) is 6.19. The first-order valence-electron chi connectivity index (χ1n) is 5.42. The minimum atomic E-state index is -0.837. The number of rotatable bonds is 5. The largest absolute Gasteiger partial charge is 0.481 e. The smallest absolute Gasteiger partial charge is 0.311 e. The van der Waals surface area contributed by atoms with Crippen molar-refractivity contribution in [3.05, 3.63) is 10.6 Å². The van der Waals surface area contributed by atoms with Crippen LogP contribution >= 0.6 is 11.5 Å². The van der Waals surface area contributed by atoms with Gasteiger partial charge < -0.3 is 10.4 Å². The molecule has 1 aliphatic rings. The monoisotopic (exact) mass is 255 g/mol. The third kappa shape index (κ3) is 2.28. The fourth-order valence-corrected chi connectivity index (χ4v) is 2.23. The molecule has 1 fully saturated rings. The Kier molecular flexibility index (Phi) is 3.10. The van der Waals surface area contributed by atoms with Gasteiger partial charge in [-0.15, -0.1) is 5.10 Å². The molecule has 0 aromatic carbocycles. The topological polar surface area (TPSA) is 92.2 Å². The van der Waals surface area contributed by atoms with Crippen LogP contribution in [0, 0.1) is 5.41 Å². The molecule has 92 valence electrons. The van der Waals surface area contributed by atoms with Crippen LogP contribution in [0.1, 0.15) is 35.1 Å². The van der Waals surface area contributed by atoms with Crippen molar-refractivity contribution in [2.45, 2.75) is 26.2 Å². The second-order valence-corrected chi connectivity index (χ2v) is 4.92. The highest BCUT2D eigenvalue weighted by atomic mass is 32.1. The number of carboxylic acid groups (broad SMARTS) is 1. The molecule has 2 rings (SSSR count). The fourth-order valence-electron chi connectivity index (χ4n) is 1.56. The standard InChI is InChI=1S/C10H13N3O3S/c1-2-6-7(17-13-12-6)8(14)11-5-10(3-4-10)9(15)16/h2-5H2,1H3,(H,11,14)(H,15,16). The van der Waals surface area contributed by atoms with Crippen LogP contribution in [0.3, 0.4) is 0 Å². The highest BCUT2D eigenvalue weighted by molar-refractivity contribution is 7.08. The summed E-state index contributed by atoms with van der Waals surface area (Å²) in [6, 6.07) is 0. The molecule has 0 unspecified atom stereocenters. The molecule has 0 bridgehead atoms. The summed E-state index contributed by atoms with van der Waals surface area (Å²) in [5, 5.41) is 15.5. The molecular formula is C10H13N3O3S. The van der Waals surface area contributed by atoms with Crippen molar-refractivity contribution in [3.63, 3.8) is 0 Å². The molecule has 0 aliphatic heterocycles. The predicted molar refractivity (Wildman–Crippen MR) is 60.9 cm³/mol. The Labute approximate surface area is 102 Å². The van der Waals surface area contributed by atoms with E-state index in [1.54, 1.807) is 0 Å². The summed E-state index contributed by atoms with van der Waals surface area (Å²) in [6.07, 6.45) is 1.90. The summed E-state index contributed by atoms with van der Waals surface area (Å²) >= 11 is 1.04. The Hall–Kier alpha value is -1.50. The number of carbonyl (C=O) groups is 2. The Bertz CT molecular complexity index is 453. The van der Waals surface area contributed by atoms with E-state index in [2.05, 4.69) is 14.9 Å². The Morgan fingerprint density at radius 1 is 1.53 bits per heavy atom. The minimum absolute atomic E-state index is 0.183. The van der Waals surface area contributed by atoms with Gasteiger partial charge in [0.15, 0.2) is 0 Å². The van der Waals surface area contributed by atoms with Crippen LogP contribution in [0.15, 0.2) is 0 Å². The first kappa shape index (κ1) is 12.0. The average Bonchev–Trinajstić information content (AvgIpc) is 2.96.